The Bertz CT molecular complexity index is 449. The molecule has 5 heteroatoms. The molecule has 1 aliphatic rings. The van der Waals surface area contributed by atoms with Crippen molar-refractivity contribution in [2.24, 2.45) is 11.8 Å². The van der Waals surface area contributed by atoms with E-state index in [1.165, 1.54) is 6.07 Å². The number of hydrogen-bond acceptors (Lipinski definition) is 4. The van der Waals surface area contributed by atoms with Crippen molar-refractivity contribution in [1.29, 1.82) is 0 Å². The van der Waals surface area contributed by atoms with Crippen LogP contribution in [0.2, 0.25) is 0 Å². The number of carbonyl (C=O) groups is 1. The van der Waals surface area contributed by atoms with Crippen molar-refractivity contribution < 1.29 is 19.7 Å². The quantitative estimate of drug-likeness (QED) is 0.842. The van der Waals surface area contributed by atoms with Gasteiger partial charge in [0.25, 0.3) is 0 Å². The van der Waals surface area contributed by atoms with E-state index in [1.54, 1.807) is 18.2 Å². The monoisotopic (exact) mass is 265 g/mol. The first kappa shape index (κ1) is 13.7. The molecule has 1 aromatic rings. The molecule has 2 atom stereocenters. The summed E-state index contributed by atoms with van der Waals surface area (Å²) >= 11 is 0. The smallest absolute Gasteiger partial charge is 0.310 e. The standard InChI is InChI=1S/C14H19NO4/c1-15-6-5-10(8-15)13(14(17)18)9-19-12-4-2-3-11(16)7-12/h2-4,7,10,13,16H,5-6,8-9H2,1H3,(H,17,18). The molecule has 0 saturated carbocycles. The van der Waals surface area contributed by atoms with Crippen LogP contribution in [0.1, 0.15) is 6.42 Å². The van der Waals surface area contributed by atoms with E-state index < -0.39 is 11.9 Å². The molecule has 104 valence electrons. The Labute approximate surface area is 112 Å². The van der Waals surface area contributed by atoms with Crippen LogP contribution in [0.15, 0.2) is 24.3 Å². The van der Waals surface area contributed by atoms with Gasteiger partial charge < -0.3 is 19.8 Å². The van der Waals surface area contributed by atoms with Crippen LogP contribution in [0.4, 0.5) is 0 Å². The summed E-state index contributed by atoms with van der Waals surface area (Å²) in [5.41, 5.74) is 0. The maximum Gasteiger partial charge on any atom is 0.310 e. The first-order chi connectivity index (χ1) is 9.06. The minimum Gasteiger partial charge on any atom is -0.508 e. The lowest BCUT2D eigenvalue weighted by atomic mass is 9.92. The molecule has 1 aromatic carbocycles. The summed E-state index contributed by atoms with van der Waals surface area (Å²) in [4.78, 5) is 13.5. The van der Waals surface area contributed by atoms with Gasteiger partial charge in [0, 0.05) is 12.6 Å². The molecule has 2 unspecified atom stereocenters. The first-order valence-electron chi connectivity index (χ1n) is 6.39. The van der Waals surface area contributed by atoms with E-state index in [9.17, 15) is 15.0 Å². The zero-order valence-corrected chi connectivity index (χ0v) is 11.0. The Balaban J connectivity index is 1.96. The number of carboxylic acids is 1. The van der Waals surface area contributed by atoms with Gasteiger partial charge in [-0.2, -0.15) is 0 Å². The van der Waals surface area contributed by atoms with E-state index in [4.69, 9.17) is 4.74 Å². The lowest BCUT2D eigenvalue weighted by Gasteiger charge is -2.19. The third-order valence-electron chi connectivity index (χ3n) is 3.56. The number of phenols is 1. The summed E-state index contributed by atoms with van der Waals surface area (Å²) in [7, 11) is 2.00. The van der Waals surface area contributed by atoms with Gasteiger partial charge in [0.2, 0.25) is 0 Å². The highest BCUT2D eigenvalue weighted by Gasteiger charge is 2.33. The van der Waals surface area contributed by atoms with Crippen molar-refractivity contribution in [3.05, 3.63) is 24.3 Å². The van der Waals surface area contributed by atoms with Crippen molar-refractivity contribution in [3.63, 3.8) is 0 Å². The zero-order valence-electron chi connectivity index (χ0n) is 11.0. The van der Waals surface area contributed by atoms with Crippen LogP contribution in [-0.2, 0) is 4.79 Å². The predicted molar refractivity (Wildman–Crippen MR) is 70.3 cm³/mol. The normalized spacial score (nSPS) is 21.2. The van der Waals surface area contributed by atoms with E-state index in [2.05, 4.69) is 4.90 Å². The third-order valence-corrected chi connectivity index (χ3v) is 3.56. The van der Waals surface area contributed by atoms with Crippen molar-refractivity contribution in [3.8, 4) is 11.5 Å². The van der Waals surface area contributed by atoms with Crippen molar-refractivity contribution in [1.82, 2.24) is 4.90 Å². The molecule has 1 saturated heterocycles. The SMILES string of the molecule is CN1CCC(C(COc2cccc(O)c2)C(=O)O)C1. The van der Waals surface area contributed by atoms with Gasteiger partial charge >= 0.3 is 5.97 Å². The lowest BCUT2D eigenvalue weighted by Crippen LogP contribution is -2.31. The van der Waals surface area contributed by atoms with Crippen LogP contribution >= 0.6 is 0 Å². The fourth-order valence-corrected chi connectivity index (χ4v) is 2.47. The van der Waals surface area contributed by atoms with Gasteiger partial charge in [0.15, 0.2) is 0 Å². The summed E-state index contributed by atoms with van der Waals surface area (Å²) in [6.07, 6.45) is 0.886. The van der Waals surface area contributed by atoms with Gasteiger partial charge in [-0.3, -0.25) is 4.79 Å². The summed E-state index contributed by atoms with van der Waals surface area (Å²) in [6, 6.07) is 6.41. The molecule has 0 aliphatic carbocycles. The molecule has 5 nitrogen and oxygen atoms in total. The van der Waals surface area contributed by atoms with Gasteiger partial charge in [-0.05, 0) is 38.1 Å². The van der Waals surface area contributed by atoms with Crippen LogP contribution in [-0.4, -0.2) is 47.8 Å². The fraction of sp³-hybridized carbons (Fsp3) is 0.500. The van der Waals surface area contributed by atoms with E-state index in [0.717, 1.165) is 19.5 Å². The number of aliphatic carboxylic acids is 1. The third kappa shape index (κ3) is 3.61. The number of phenolic OH excluding ortho intramolecular Hbond substituents is 1. The second-order valence-corrected chi connectivity index (χ2v) is 5.06. The second-order valence-electron chi connectivity index (χ2n) is 5.06. The van der Waals surface area contributed by atoms with Gasteiger partial charge in [-0.25, -0.2) is 0 Å². The lowest BCUT2D eigenvalue weighted by molar-refractivity contribution is -0.144. The highest BCUT2D eigenvalue weighted by atomic mass is 16.5. The molecule has 2 rings (SSSR count). The Hall–Kier alpha value is -1.75. The average Bonchev–Trinajstić information content (AvgIpc) is 2.76. The molecule has 1 fully saturated rings. The van der Waals surface area contributed by atoms with Crippen LogP contribution in [0.3, 0.4) is 0 Å². The molecule has 19 heavy (non-hydrogen) atoms. The minimum absolute atomic E-state index is 0.116. The van der Waals surface area contributed by atoms with Crippen LogP contribution in [0.5, 0.6) is 11.5 Å². The Kier molecular flexibility index (Phi) is 4.27. The average molecular weight is 265 g/mol. The highest BCUT2D eigenvalue weighted by molar-refractivity contribution is 5.70. The van der Waals surface area contributed by atoms with Crippen LogP contribution in [0, 0.1) is 11.8 Å². The molecule has 1 heterocycles. The van der Waals surface area contributed by atoms with Gasteiger partial charge in [0.1, 0.15) is 18.1 Å². The van der Waals surface area contributed by atoms with Gasteiger partial charge in [-0.15, -0.1) is 0 Å². The van der Waals surface area contributed by atoms with Gasteiger partial charge in [-0.1, -0.05) is 6.07 Å². The van der Waals surface area contributed by atoms with E-state index in [0.29, 0.717) is 5.75 Å². The number of ether oxygens (including phenoxy) is 1. The molecule has 2 N–H and O–H groups in total. The van der Waals surface area contributed by atoms with Crippen molar-refractivity contribution >= 4 is 5.97 Å². The van der Waals surface area contributed by atoms with Gasteiger partial charge in [0.05, 0.1) is 5.92 Å². The largest absolute Gasteiger partial charge is 0.508 e. The summed E-state index contributed by atoms with van der Waals surface area (Å²) in [5, 5.41) is 18.6. The maximum absolute atomic E-state index is 11.3. The molecular weight excluding hydrogens is 246 g/mol. The van der Waals surface area contributed by atoms with Crippen LogP contribution in [0.25, 0.3) is 0 Å². The number of benzene rings is 1. The summed E-state index contributed by atoms with van der Waals surface area (Å²) in [5.74, 6) is -0.588. The molecule has 0 spiro atoms. The Morgan fingerprint density at radius 3 is 2.95 bits per heavy atom. The number of carboxylic acid groups (broad SMARTS) is 1. The molecule has 0 bridgehead atoms. The topological polar surface area (TPSA) is 70.0 Å². The maximum atomic E-state index is 11.3. The number of likely N-dealkylation sites (tertiary alicyclic amines) is 1. The van der Waals surface area contributed by atoms with Crippen LogP contribution < -0.4 is 4.74 Å². The molecule has 0 radical (unpaired) electrons. The van der Waals surface area contributed by atoms with Crippen molar-refractivity contribution in [2.45, 2.75) is 6.42 Å². The molecule has 0 aromatic heterocycles. The first-order valence-corrected chi connectivity index (χ1v) is 6.39. The van der Waals surface area contributed by atoms with E-state index in [-0.39, 0.29) is 18.3 Å². The Morgan fingerprint density at radius 2 is 2.37 bits per heavy atom. The molecule has 1 aliphatic heterocycles. The van der Waals surface area contributed by atoms with Crippen molar-refractivity contribution in [2.75, 3.05) is 26.7 Å². The number of aromatic hydroxyl groups is 1. The molecule has 0 amide bonds. The van der Waals surface area contributed by atoms with E-state index >= 15 is 0 Å². The summed E-state index contributed by atoms with van der Waals surface area (Å²) < 4.78 is 5.50. The molecular formula is C14H19NO4. The summed E-state index contributed by atoms with van der Waals surface area (Å²) in [6.45, 7) is 1.86. The minimum atomic E-state index is -0.819. The number of rotatable bonds is 5. The zero-order chi connectivity index (χ0) is 13.8. The van der Waals surface area contributed by atoms with E-state index in [1.807, 2.05) is 7.05 Å². The number of hydrogen-bond donors (Lipinski definition) is 2. The highest BCUT2D eigenvalue weighted by Crippen LogP contribution is 2.25. The second kappa shape index (κ2) is 5.93. The predicted octanol–water partition coefficient (Wildman–Crippen LogP) is 1.42. The number of nitrogens with zero attached hydrogens (tertiary/aromatic N) is 1. The fourth-order valence-electron chi connectivity index (χ4n) is 2.47. The Morgan fingerprint density at radius 1 is 1.58 bits per heavy atom.